The number of hydrogen-bond donors (Lipinski definition) is 2. The van der Waals surface area contributed by atoms with E-state index in [1.54, 1.807) is 43.9 Å². The van der Waals surface area contributed by atoms with E-state index in [2.05, 4.69) is 20.3 Å². The van der Waals surface area contributed by atoms with Crippen LogP contribution in [-0.2, 0) is 23.1 Å². The summed E-state index contributed by atoms with van der Waals surface area (Å²) >= 11 is 5.09. The molecule has 0 radical (unpaired) electrons. The van der Waals surface area contributed by atoms with Gasteiger partial charge in [0.15, 0.2) is 16.1 Å². The quantitative estimate of drug-likeness (QED) is 0.464. The van der Waals surface area contributed by atoms with Crippen molar-refractivity contribution in [2.24, 2.45) is 7.05 Å². The number of hydrogen-bond acceptors (Lipinski definition) is 6. The van der Waals surface area contributed by atoms with Crippen LogP contribution in [0, 0.1) is 13.8 Å². The minimum atomic E-state index is -2.42. The number of aromatic nitrogens is 4. The number of anilines is 3. The summed E-state index contributed by atoms with van der Waals surface area (Å²) in [6.07, 6.45) is 3.17. The second-order valence-electron chi connectivity index (χ2n) is 5.93. The van der Waals surface area contributed by atoms with E-state index in [-0.39, 0.29) is 22.6 Å². The molecule has 3 aromatic rings. The van der Waals surface area contributed by atoms with Crippen molar-refractivity contribution in [1.29, 1.82) is 0 Å². The number of thiazole rings is 1. The third-order valence-corrected chi connectivity index (χ3v) is 5.95. The zero-order valence-corrected chi connectivity index (χ0v) is 17.8. The highest BCUT2D eigenvalue weighted by molar-refractivity contribution is 7.81. The highest BCUT2D eigenvalue weighted by Crippen LogP contribution is 2.38. The van der Waals surface area contributed by atoms with Gasteiger partial charge in [0.2, 0.25) is 5.91 Å². The van der Waals surface area contributed by atoms with E-state index in [0.717, 1.165) is 9.18 Å². The Labute approximate surface area is 172 Å². The molecule has 12 heteroatoms. The summed E-state index contributed by atoms with van der Waals surface area (Å²) in [5.74, 6) is 0.716. The highest BCUT2D eigenvalue weighted by atomic mass is 35.5. The predicted molar refractivity (Wildman–Crippen MR) is 110 cm³/mol. The van der Waals surface area contributed by atoms with Crippen molar-refractivity contribution >= 4 is 56.7 Å². The first kappa shape index (κ1) is 20.4. The maximum Gasteiger partial charge on any atom is 0.268 e. The van der Waals surface area contributed by atoms with Crippen LogP contribution in [0.15, 0.2) is 18.5 Å². The van der Waals surface area contributed by atoms with Crippen molar-refractivity contribution in [2.45, 2.75) is 20.8 Å². The lowest BCUT2D eigenvalue weighted by molar-refractivity contribution is -0.114. The molecule has 0 bridgehead atoms. The Morgan fingerprint density at radius 2 is 2.11 bits per heavy atom. The third-order valence-electron chi connectivity index (χ3n) is 3.84. The van der Waals surface area contributed by atoms with Crippen molar-refractivity contribution in [1.82, 2.24) is 19.5 Å². The summed E-state index contributed by atoms with van der Waals surface area (Å²) in [5.41, 5.74) is 1.57. The Balaban J connectivity index is 2.09. The number of carbonyl (C=O) groups is 1. The average molecular weight is 441 g/mol. The first-order valence-corrected chi connectivity index (χ1v) is 10.2. The molecular weight excluding hydrogens is 424 g/mol. The van der Waals surface area contributed by atoms with Gasteiger partial charge in [-0.15, -0.1) is 0 Å². The SMILES string of the molecule is CC(=O)Nc1nc(C)c(-c2cnc(Cl)c(N(c3cn(C)c(C)n3)S(=O)O)c2)s1. The van der Waals surface area contributed by atoms with Crippen LogP contribution in [0.1, 0.15) is 18.4 Å². The second-order valence-corrected chi connectivity index (χ2v) is 8.11. The van der Waals surface area contributed by atoms with Gasteiger partial charge in [-0.05, 0) is 19.9 Å². The number of nitrogens with zero attached hydrogens (tertiary/aromatic N) is 5. The molecule has 2 N–H and O–H groups in total. The number of carbonyl (C=O) groups excluding carboxylic acids is 1. The highest BCUT2D eigenvalue weighted by Gasteiger charge is 2.23. The summed E-state index contributed by atoms with van der Waals surface area (Å²) in [5, 5.41) is 3.16. The fourth-order valence-corrected chi connectivity index (χ4v) is 4.28. The normalized spacial score (nSPS) is 12.1. The minimum Gasteiger partial charge on any atom is -0.336 e. The van der Waals surface area contributed by atoms with Crippen molar-refractivity contribution in [2.75, 3.05) is 9.62 Å². The van der Waals surface area contributed by atoms with E-state index >= 15 is 0 Å². The molecule has 3 aromatic heterocycles. The lowest BCUT2D eigenvalue weighted by Crippen LogP contribution is -2.20. The fourth-order valence-electron chi connectivity index (χ4n) is 2.50. The van der Waals surface area contributed by atoms with Gasteiger partial charge in [0, 0.05) is 31.9 Å². The Morgan fingerprint density at radius 1 is 1.39 bits per heavy atom. The van der Waals surface area contributed by atoms with Gasteiger partial charge in [0.05, 0.1) is 16.3 Å². The van der Waals surface area contributed by atoms with Crippen LogP contribution >= 0.6 is 22.9 Å². The number of imidazole rings is 1. The van der Waals surface area contributed by atoms with Crippen LogP contribution in [0.4, 0.5) is 16.6 Å². The molecule has 28 heavy (non-hydrogen) atoms. The van der Waals surface area contributed by atoms with Crippen LogP contribution in [0.25, 0.3) is 10.4 Å². The van der Waals surface area contributed by atoms with Crippen molar-refractivity contribution in [3.8, 4) is 10.4 Å². The molecule has 0 saturated carbocycles. The number of pyridine rings is 1. The fraction of sp³-hybridized carbons (Fsp3) is 0.250. The van der Waals surface area contributed by atoms with E-state index in [0.29, 0.717) is 22.2 Å². The average Bonchev–Trinajstić information content (AvgIpc) is 3.11. The third kappa shape index (κ3) is 4.07. The molecule has 1 amide bonds. The van der Waals surface area contributed by atoms with Crippen molar-refractivity contribution in [3.05, 3.63) is 35.1 Å². The molecule has 3 heterocycles. The lowest BCUT2D eigenvalue weighted by atomic mass is 10.2. The number of aryl methyl sites for hydroxylation is 3. The van der Waals surface area contributed by atoms with Crippen LogP contribution in [-0.4, -0.2) is 34.2 Å². The molecule has 0 fully saturated rings. The zero-order chi connectivity index (χ0) is 20.6. The van der Waals surface area contributed by atoms with Gasteiger partial charge in [0.25, 0.3) is 11.3 Å². The molecule has 1 unspecified atom stereocenters. The number of nitrogens with one attached hydrogen (secondary N) is 1. The number of amides is 1. The first-order chi connectivity index (χ1) is 13.2. The molecule has 148 valence electrons. The van der Waals surface area contributed by atoms with Gasteiger partial charge < -0.3 is 9.88 Å². The van der Waals surface area contributed by atoms with Gasteiger partial charge in [-0.2, -0.15) is 0 Å². The summed E-state index contributed by atoms with van der Waals surface area (Å²) in [6, 6.07) is 1.64. The van der Waals surface area contributed by atoms with Crippen molar-refractivity contribution in [3.63, 3.8) is 0 Å². The molecule has 0 aliphatic heterocycles. The molecule has 9 nitrogen and oxygen atoms in total. The van der Waals surface area contributed by atoms with Crippen LogP contribution in [0.2, 0.25) is 5.15 Å². The maximum atomic E-state index is 12.1. The standard InChI is InChI=1S/C16H17ClN6O3S2/c1-8-14(27-16(19-8)21-10(3)24)11-5-12(15(17)18-6-11)23(28(25)26)13-7-22(4)9(2)20-13/h5-7H,1-4H3,(H,25,26)(H,19,21,24). The summed E-state index contributed by atoms with van der Waals surface area (Å²) in [4.78, 5) is 24.8. The Morgan fingerprint density at radius 3 is 2.68 bits per heavy atom. The molecule has 0 aliphatic rings. The molecule has 3 rings (SSSR count). The first-order valence-electron chi connectivity index (χ1n) is 7.99. The Hall–Kier alpha value is -2.34. The van der Waals surface area contributed by atoms with Crippen LogP contribution in [0.3, 0.4) is 0 Å². The van der Waals surface area contributed by atoms with E-state index in [4.69, 9.17) is 11.6 Å². The Kier molecular flexibility index (Phi) is 5.79. The largest absolute Gasteiger partial charge is 0.336 e. The van der Waals surface area contributed by atoms with Gasteiger partial charge >= 0.3 is 0 Å². The maximum absolute atomic E-state index is 12.1. The predicted octanol–water partition coefficient (Wildman–Crippen LogP) is 3.44. The van der Waals surface area contributed by atoms with E-state index in [1.165, 1.54) is 18.3 Å². The summed E-state index contributed by atoms with van der Waals surface area (Å²) in [6.45, 7) is 4.99. The van der Waals surface area contributed by atoms with E-state index < -0.39 is 11.3 Å². The number of rotatable bonds is 5. The Bertz CT molecular complexity index is 1060. The molecule has 0 aromatic carbocycles. The zero-order valence-electron chi connectivity index (χ0n) is 15.4. The van der Waals surface area contributed by atoms with Gasteiger partial charge in [0.1, 0.15) is 5.82 Å². The second kappa shape index (κ2) is 7.95. The number of halogens is 1. The smallest absolute Gasteiger partial charge is 0.268 e. The van der Waals surface area contributed by atoms with Crippen molar-refractivity contribution < 1.29 is 13.6 Å². The summed E-state index contributed by atoms with van der Waals surface area (Å²) in [7, 11) is 1.78. The topological polar surface area (TPSA) is 113 Å². The van der Waals surface area contributed by atoms with E-state index in [1.807, 2.05) is 0 Å². The molecule has 0 spiro atoms. The van der Waals surface area contributed by atoms with Gasteiger partial charge in [-0.25, -0.2) is 23.5 Å². The minimum absolute atomic E-state index is 0.0544. The molecule has 1 atom stereocenters. The molecule has 0 saturated heterocycles. The molecular formula is C16H17ClN6O3S2. The lowest BCUT2D eigenvalue weighted by Gasteiger charge is -2.18. The summed E-state index contributed by atoms with van der Waals surface area (Å²) < 4.78 is 24.7. The molecule has 0 aliphatic carbocycles. The van der Waals surface area contributed by atoms with Gasteiger partial charge in [-0.3, -0.25) is 9.35 Å². The van der Waals surface area contributed by atoms with Crippen LogP contribution < -0.4 is 9.62 Å². The van der Waals surface area contributed by atoms with Crippen LogP contribution in [0.5, 0.6) is 0 Å². The van der Waals surface area contributed by atoms with E-state index in [9.17, 15) is 13.6 Å². The monoisotopic (exact) mass is 440 g/mol. The van der Waals surface area contributed by atoms with Gasteiger partial charge in [-0.1, -0.05) is 22.9 Å².